The van der Waals surface area contributed by atoms with Gasteiger partial charge in [-0.15, -0.1) is 24.0 Å². The lowest BCUT2D eigenvalue weighted by molar-refractivity contribution is 0.0690. The molecule has 0 radical (unpaired) electrons. The Labute approximate surface area is 192 Å². The van der Waals surface area contributed by atoms with Gasteiger partial charge in [-0.3, -0.25) is 4.99 Å². The molecular weight excluding hydrogens is 483 g/mol. The van der Waals surface area contributed by atoms with Crippen molar-refractivity contribution >= 4 is 35.6 Å². The first-order valence-corrected chi connectivity index (χ1v) is 10.3. The van der Waals surface area contributed by atoms with Crippen LogP contribution in [0.4, 0.5) is 5.69 Å². The summed E-state index contributed by atoms with van der Waals surface area (Å²) in [6.07, 6.45) is 2.06. The monoisotopic (exact) mass is 520 g/mol. The minimum Gasteiger partial charge on any atom is -0.497 e. The molecule has 1 saturated heterocycles. The van der Waals surface area contributed by atoms with Gasteiger partial charge in [0, 0.05) is 58.7 Å². The number of guanidine groups is 1. The molecule has 7 nitrogen and oxygen atoms in total. The van der Waals surface area contributed by atoms with Crippen LogP contribution in [0.25, 0.3) is 0 Å². The zero-order valence-corrected chi connectivity index (χ0v) is 20.4. The van der Waals surface area contributed by atoms with Crippen molar-refractivity contribution in [3.8, 4) is 5.75 Å². The predicted octanol–water partition coefficient (Wildman–Crippen LogP) is 2.84. The Kier molecular flexibility index (Phi) is 13.8. The third kappa shape index (κ3) is 9.39. The van der Waals surface area contributed by atoms with Crippen LogP contribution in [-0.2, 0) is 9.47 Å². The van der Waals surface area contributed by atoms with E-state index in [4.69, 9.17) is 19.2 Å². The molecule has 0 aliphatic carbocycles. The molecule has 0 spiro atoms. The molecule has 29 heavy (non-hydrogen) atoms. The van der Waals surface area contributed by atoms with E-state index in [1.165, 1.54) is 5.69 Å². The number of nitrogens with zero attached hydrogens (tertiary/aromatic N) is 3. The van der Waals surface area contributed by atoms with Gasteiger partial charge < -0.3 is 29.3 Å². The van der Waals surface area contributed by atoms with Crippen molar-refractivity contribution in [1.29, 1.82) is 0 Å². The van der Waals surface area contributed by atoms with Gasteiger partial charge in [0.2, 0.25) is 0 Å². The van der Waals surface area contributed by atoms with Crippen LogP contribution < -0.4 is 15.0 Å². The van der Waals surface area contributed by atoms with E-state index in [1.807, 2.05) is 12.1 Å². The normalized spacial score (nSPS) is 14.5. The number of unbranched alkanes of at least 4 members (excludes halogenated alkanes) is 1. The molecule has 8 heteroatoms. The Bertz CT molecular complexity index is 564. The maximum absolute atomic E-state index is 5.50. The van der Waals surface area contributed by atoms with Crippen LogP contribution in [0, 0.1) is 0 Å². The minimum atomic E-state index is 0. The molecule has 1 fully saturated rings. The molecule has 1 aliphatic heterocycles. The second-order valence-electron chi connectivity index (χ2n) is 6.72. The lowest BCUT2D eigenvalue weighted by Crippen LogP contribution is -2.52. The maximum Gasteiger partial charge on any atom is 0.194 e. The average Bonchev–Trinajstić information content (AvgIpc) is 2.75. The summed E-state index contributed by atoms with van der Waals surface area (Å²) >= 11 is 0. The van der Waals surface area contributed by atoms with E-state index in [1.54, 1.807) is 14.2 Å². The van der Waals surface area contributed by atoms with Crippen molar-refractivity contribution in [2.45, 2.75) is 19.8 Å². The lowest BCUT2D eigenvalue weighted by atomic mass is 10.2. The summed E-state index contributed by atoms with van der Waals surface area (Å²) in [5.74, 6) is 1.92. The Morgan fingerprint density at radius 2 is 1.72 bits per heavy atom. The Morgan fingerprint density at radius 1 is 1.00 bits per heavy atom. The quantitative estimate of drug-likeness (QED) is 0.210. The van der Waals surface area contributed by atoms with E-state index in [2.05, 4.69) is 34.2 Å². The molecule has 0 bridgehead atoms. The fourth-order valence-electron chi connectivity index (χ4n) is 3.14. The van der Waals surface area contributed by atoms with E-state index >= 15 is 0 Å². The summed E-state index contributed by atoms with van der Waals surface area (Å²) in [7, 11) is 3.39. The molecule has 1 aliphatic rings. The van der Waals surface area contributed by atoms with Crippen LogP contribution in [0.3, 0.4) is 0 Å². The van der Waals surface area contributed by atoms with Crippen molar-refractivity contribution in [2.75, 3.05) is 78.2 Å². The van der Waals surface area contributed by atoms with Gasteiger partial charge >= 0.3 is 0 Å². The molecule has 1 heterocycles. The molecular formula is C21H37IN4O3. The molecule has 0 aromatic heterocycles. The van der Waals surface area contributed by atoms with Crippen molar-refractivity contribution in [3.63, 3.8) is 0 Å². The average molecular weight is 520 g/mol. The van der Waals surface area contributed by atoms with E-state index in [-0.39, 0.29) is 24.0 Å². The number of nitrogens with one attached hydrogen (secondary N) is 1. The van der Waals surface area contributed by atoms with Crippen molar-refractivity contribution in [1.82, 2.24) is 10.2 Å². The molecule has 2 rings (SSSR count). The van der Waals surface area contributed by atoms with Gasteiger partial charge in [-0.2, -0.15) is 0 Å². The second-order valence-corrected chi connectivity index (χ2v) is 6.72. The van der Waals surface area contributed by atoms with Crippen LogP contribution in [0.5, 0.6) is 5.75 Å². The van der Waals surface area contributed by atoms with Crippen LogP contribution in [0.2, 0.25) is 0 Å². The summed E-state index contributed by atoms with van der Waals surface area (Å²) in [5.41, 5.74) is 1.25. The third-order valence-electron chi connectivity index (χ3n) is 4.74. The van der Waals surface area contributed by atoms with Crippen LogP contribution in [0.15, 0.2) is 29.3 Å². The van der Waals surface area contributed by atoms with Crippen molar-refractivity contribution < 1.29 is 14.2 Å². The molecule has 1 aromatic carbocycles. The summed E-state index contributed by atoms with van der Waals surface area (Å²) in [6.45, 7) is 9.85. The predicted molar refractivity (Wildman–Crippen MR) is 130 cm³/mol. The zero-order valence-electron chi connectivity index (χ0n) is 18.1. The highest BCUT2D eigenvalue weighted by Gasteiger charge is 2.19. The van der Waals surface area contributed by atoms with Crippen molar-refractivity contribution in [2.24, 2.45) is 4.99 Å². The highest BCUT2D eigenvalue weighted by atomic mass is 127. The number of benzene rings is 1. The minimum absolute atomic E-state index is 0. The number of halogens is 1. The standard InChI is InChI=1S/C21H36N4O3.HI/c1-4-22-21(23-11-5-6-16-28-18-17-26-2)25-14-12-24(13-15-25)19-7-9-20(27-3)10-8-19;/h7-10H,4-6,11-18H2,1-3H3,(H,22,23);1H. The first-order chi connectivity index (χ1) is 13.8. The lowest BCUT2D eigenvalue weighted by Gasteiger charge is -2.37. The third-order valence-corrected chi connectivity index (χ3v) is 4.74. The number of anilines is 1. The van der Waals surface area contributed by atoms with Gasteiger partial charge in [-0.05, 0) is 44.0 Å². The molecule has 1 aromatic rings. The molecule has 0 amide bonds. The van der Waals surface area contributed by atoms with Crippen LogP contribution in [0.1, 0.15) is 19.8 Å². The summed E-state index contributed by atoms with van der Waals surface area (Å²) in [4.78, 5) is 9.58. The SMILES string of the molecule is CCNC(=NCCCCOCCOC)N1CCN(c2ccc(OC)cc2)CC1.I. The highest BCUT2D eigenvalue weighted by molar-refractivity contribution is 14.0. The first-order valence-electron chi connectivity index (χ1n) is 10.3. The number of aliphatic imine (C=N–C) groups is 1. The fourth-order valence-corrected chi connectivity index (χ4v) is 3.14. The van der Waals surface area contributed by atoms with Crippen LogP contribution >= 0.6 is 24.0 Å². The Balaban J connectivity index is 0.00000420. The molecule has 0 atom stereocenters. The molecule has 0 unspecified atom stereocenters. The Morgan fingerprint density at radius 3 is 2.34 bits per heavy atom. The molecule has 0 saturated carbocycles. The number of methoxy groups -OCH3 is 2. The van der Waals surface area contributed by atoms with E-state index in [9.17, 15) is 0 Å². The number of piperazine rings is 1. The topological polar surface area (TPSA) is 58.6 Å². The zero-order chi connectivity index (χ0) is 20.0. The number of ether oxygens (including phenoxy) is 3. The maximum atomic E-state index is 5.50. The van der Waals surface area contributed by atoms with Crippen LogP contribution in [-0.4, -0.2) is 84.2 Å². The van der Waals surface area contributed by atoms with Gasteiger partial charge in [0.05, 0.1) is 20.3 Å². The highest BCUT2D eigenvalue weighted by Crippen LogP contribution is 2.20. The fraction of sp³-hybridized carbons (Fsp3) is 0.667. The van der Waals surface area contributed by atoms with Gasteiger partial charge in [-0.1, -0.05) is 0 Å². The van der Waals surface area contributed by atoms with Gasteiger partial charge in [0.15, 0.2) is 5.96 Å². The van der Waals surface area contributed by atoms with E-state index < -0.39 is 0 Å². The van der Waals surface area contributed by atoms with E-state index in [0.717, 1.165) is 70.4 Å². The Hall–Kier alpha value is -1.26. The smallest absolute Gasteiger partial charge is 0.194 e. The summed E-state index contributed by atoms with van der Waals surface area (Å²) in [6, 6.07) is 8.30. The van der Waals surface area contributed by atoms with Gasteiger partial charge in [0.25, 0.3) is 0 Å². The summed E-state index contributed by atoms with van der Waals surface area (Å²) in [5, 5.41) is 3.43. The number of hydrogen-bond donors (Lipinski definition) is 1. The first kappa shape index (κ1) is 25.8. The van der Waals surface area contributed by atoms with E-state index in [0.29, 0.717) is 13.2 Å². The van der Waals surface area contributed by atoms with Crippen molar-refractivity contribution in [3.05, 3.63) is 24.3 Å². The molecule has 166 valence electrons. The summed E-state index contributed by atoms with van der Waals surface area (Å²) < 4.78 is 15.7. The van der Waals surface area contributed by atoms with Gasteiger partial charge in [-0.25, -0.2) is 0 Å². The largest absolute Gasteiger partial charge is 0.497 e. The number of hydrogen-bond acceptors (Lipinski definition) is 5. The van der Waals surface area contributed by atoms with Gasteiger partial charge in [0.1, 0.15) is 5.75 Å². The molecule has 1 N–H and O–H groups in total. The second kappa shape index (κ2) is 15.6. The number of rotatable bonds is 11.